The summed E-state index contributed by atoms with van der Waals surface area (Å²) in [6.07, 6.45) is 0.237. The normalized spacial score (nSPS) is 17.6. The Hall–Kier alpha value is -1.61. The maximum absolute atomic E-state index is 11.7. The first kappa shape index (κ1) is 10.9. The summed E-state index contributed by atoms with van der Waals surface area (Å²) in [7, 11) is -2.83. The molecule has 0 radical (unpaired) electrons. The molecular formula is C10H10NO4P. The predicted molar refractivity (Wildman–Crippen MR) is 57.2 cm³/mol. The van der Waals surface area contributed by atoms with Crippen LogP contribution < -0.4 is 4.52 Å². The van der Waals surface area contributed by atoms with Gasteiger partial charge in [0.1, 0.15) is 5.75 Å². The van der Waals surface area contributed by atoms with Gasteiger partial charge in [-0.2, -0.15) is 0 Å². The molecular weight excluding hydrogens is 229 g/mol. The number of imide groups is 1. The van der Waals surface area contributed by atoms with E-state index in [9.17, 15) is 14.2 Å². The third-order valence-electron chi connectivity index (χ3n) is 2.18. The summed E-state index contributed by atoms with van der Waals surface area (Å²) in [5.74, 6) is -0.464. The van der Waals surface area contributed by atoms with E-state index in [1.54, 1.807) is 30.3 Å². The monoisotopic (exact) mass is 239 g/mol. The van der Waals surface area contributed by atoms with Gasteiger partial charge in [0, 0.05) is 12.8 Å². The zero-order valence-corrected chi connectivity index (χ0v) is 9.38. The molecule has 84 valence electrons. The van der Waals surface area contributed by atoms with Crippen LogP contribution in [0.1, 0.15) is 12.8 Å². The molecule has 1 atom stereocenters. The molecule has 0 aromatic heterocycles. The Labute approximate surface area is 92.9 Å². The summed E-state index contributed by atoms with van der Waals surface area (Å²) >= 11 is 0. The summed E-state index contributed by atoms with van der Waals surface area (Å²) in [5.41, 5.74) is 0. The van der Waals surface area contributed by atoms with Gasteiger partial charge in [-0.05, 0) is 12.1 Å². The minimum atomic E-state index is -2.83. The van der Waals surface area contributed by atoms with E-state index in [0.717, 1.165) is 4.67 Å². The van der Waals surface area contributed by atoms with E-state index < -0.39 is 20.0 Å². The van der Waals surface area contributed by atoms with Crippen molar-refractivity contribution in [3.63, 3.8) is 0 Å². The fourth-order valence-corrected chi connectivity index (χ4v) is 2.48. The summed E-state index contributed by atoms with van der Waals surface area (Å²) in [4.78, 5) is 22.5. The summed E-state index contributed by atoms with van der Waals surface area (Å²) in [5, 5.41) is 0. The lowest BCUT2D eigenvalue weighted by Gasteiger charge is -2.13. The number of hydrogen-bond acceptors (Lipinski definition) is 4. The lowest BCUT2D eigenvalue weighted by molar-refractivity contribution is -0.132. The highest BCUT2D eigenvalue weighted by molar-refractivity contribution is 7.38. The number of carbonyl (C=O) groups excluding carboxylic acids is 2. The third kappa shape index (κ3) is 2.14. The minimum absolute atomic E-state index is 0.118. The molecule has 0 spiro atoms. The van der Waals surface area contributed by atoms with Crippen LogP contribution >= 0.6 is 8.18 Å². The molecule has 5 nitrogen and oxygen atoms in total. The van der Waals surface area contributed by atoms with Crippen LogP contribution in [0.4, 0.5) is 0 Å². The highest BCUT2D eigenvalue weighted by Gasteiger charge is 2.34. The van der Waals surface area contributed by atoms with Gasteiger partial charge in [-0.1, -0.05) is 18.2 Å². The minimum Gasteiger partial charge on any atom is -0.430 e. The molecule has 0 saturated carbocycles. The number of para-hydroxylation sites is 1. The van der Waals surface area contributed by atoms with Crippen molar-refractivity contribution in [3.05, 3.63) is 30.3 Å². The quantitative estimate of drug-likeness (QED) is 0.593. The highest BCUT2D eigenvalue weighted by atomic mass is 31.1. The second-order valence-electron chi connectivity index (χ2n) is 3.30. The molecule has 0 aliphatic carbocycles. The van der Waals surface area contributed by atoms with E-state index in [2.05, 4.69) is 0 Å². The van der Waals surface area contributed by atoms with Crippen molar-refractivity contribution in [1.29, 1.82) is 0 Å². The van der Waals surface area contributed by atoms with Crippen LogP contribution in [0.25, 0.3) is 0 Å². The van der Waals surface area contributed by atoms with Crippen molar-refractivity contribution >= 4 is 20.0 Å². The smallest absolute Gasteiger partial charge is 0.341 e. The molecule has 2 amide bonds. The molecule has 6 heteroatoms. The van der Waals surface area contributed by atoms with Gasteiger partial charge in [-0.15, -0.1) is 0 Å². The molecule has 2 rings (SSSR count). The Kier molecular flexibility index (Phi) is 3.06. The fourth-order valence-electron chi connectivity index (χ4n) is 1.42. The molecule has 0 bridgehead atoms. The van der Waals surface area contributed by atoms with Crippen LogP contribution in [0, 0.1) is 0 Å². The average molecular weight is 239 g/mol. The van der Waals surface area contributed by atoms with E-state index in [4.69, 9.17) is 4.52 Å². The standard InChI is InChI=1S/C10H10NO4P/c12-9-6-7-10(13)11(9)16(14)15-8-4-2-1-3-5-8/h1-5,16H,6-7H2. The molecule has 1 aromatic rings. The van der Waals surface area contributed by atoms with E-state index in [1.165, 1.54) is 0 Å². The largest absolute Gasteiger partial charge is 0.430 e. The Morgan fingerprint density at radius 2 is 1.62 bits per heavy atom. The van der Waals surface area contributed by atoms with Gasteiger partial charge in [0.25, 0.3) is 0 Å². The lowest BCUT2D eigenvalue weighted by Crippen LogP contribution is -2.22. The van der Waals surface area contributed by atoms with Gasteiger partial charge >= 0.3 is 8.18 Å². The number of benzene rings is 1. The van der Waals surface area contributed by atoms with Crippen LogP contribution in [0.3, 0.4) is 0 Å². The summed E-state index contributed by atoms with van der Waals surface area (Å²) in [6, 6.07) is 8.47. The first-order valence-electron chi connectivity index (χ1n) is 4.81. The first-order valence-corrected chi connectivity index (χ1v) is 6.07. The Morgan fingerprint density at radius 1 is 1.06 bits per heavy atom. The lowest BCUT2D eigenvalue weighted by atomic mass is 10.3. The number of amides is 2. The average Bonchev–Trinajstić information content (AvgIpc) is 2.60. The maximum Gasteiger partial charge on any atom is 0.341 e. The third-order valence-corrected chi connectivity index (χ3v) is 3.46. The van der Waals surface area contributed by atoms with Crippen molar-refractivity contribution in [2.24, 2.45) is 0 Å². The van der Waals surface area contributed by atoms with Crippen LogP contribution in [0.2, 0.25) is 0 Å². The van der Waals surface area contributed by atoms with Crippen molar-refractivity contribution < 1.29 is 18.7 Å². The Balaban J connectivity index is 2.09. The number of rotatable bonds is 3. The highest BCUT2D eigenvalue weighted by Crippen LogP contribution is 2.35. The molecule has 0 N–H and O–H groups in total. The zero-order chi connectivity index (χ0) is 11.5. The van der Waals surface area contributed by atoms with Gasteiger partial charge in [0.05, 0.1) is 0 Å². The van der Waals surface area contributed by atoms with E-state index in [1.807, 2.05) is 0 Å². The first-order chi connectivity index (χ1) is 7.68. The van der Waals surface area contributed by atoms with E-state index >= 15 is 0 Å². The van der Waals surface area contributed by atoms with Crippen molar-refractivity contribution in [2.45, 2.75) is 12.8 Å². The van der Waals surface area contributed by atoms with E-state index in [0.29, 0.717) is 5.75 Å². The summed E-state index contributed by atoms with van der Waals surface area (Å²) < 4.78 is 17.5. The van der Waals surface area contributed by atoms with Crippen LogP contribution in [-0.2, 0) is 14.2 Å². The molecule has 1 aliphatic heterocycles. The Morgan fingerprint density at radius 3 is 2.19 bits per heavy atom. The summed E-state index contributed by atoms with van der Waals surface area (Å²) in [6.45, 7) is 0. The molecule has 1 aromatic carbocycles. The SMILES string of the molecule is O=C1CCC(=O)N1[PH](=O)Oc1ccccc1. The number of hydrogen-bond donors (Lipinski definition) is 0. The molecule has 1 unspecified atom stereocenters. The van der Waals surface area contributed by atoms with Gasteiger partial charge < -0.3 is 4.52 Å². The molecule has 1 saturated heterocycles. The maximum atomic E-state index is 11.7. The zero-order valence-electron chi connectivity index (χ0n) is 8.38. The second-order valence-corrected chi connectivity index (χ2v) is 4.49. The van der Waals surface area contributed by atoms with Crippen LogP contribution in [0.15, 0.2) is 30.3 Å². The van der Waals surface area contributed by atoms with Gasteiger partial charge in [0.2, 0.25) is 11.8 Å². The molecule has 16 heavy (non-hydrogen) atoms. The van der Waals surface area contributed by atoms with E-state index in [-0.39, 0.29) is 12.8 Å². The van der Waals surface area contributed by atoms with Gasteiger partial charge in [-0.25, -0.2) is 4.67 Å². The molecule has 1 heterocycles. The predicted octanol–water partition coefficient (Wildman–Crippen LogP) is 1.60. The van der Waals surface area contributed by atoms with Crippen molar-refractivity contribution in [1.82, 2.24) is 4.67 Å². The number of carbonyl (C=O) groups is 2. The number of nitrogens with zero attached hydrogens (tertiary/aromatic N) is 1. The van der Waals surface area contributed by atoms with Crippen LogP contribution in [-0.4, -0.2) is 16.5 Å². The topological polar surface area (TPSA) is 63.7 Å². The fraction of sp³-hybridized carbons (Fsp3) is 0.200. The second kappa shape index (κ2) is 4.49. The Bertz CT molecular complexity index is 429. The van der Waals surface area contributed by atoms with Crippen LogP contribution in [0.5, 0.6) is 5.75 Å². The van der Waals surface area contributed by atoms with Gasteiger partial charge in [-0.3, -0.25) is 14.2 Å². The van der Waals surface area contributed by atoms with Crippen molar-refractivity contribution in [2.75, 3.05) is 0 Å². The molecule has 1 aliphatic rings. The van der Waals surface area contributed by atoms with Gasteiger partial charge in [0.15, 0.2) is 0 Å². The molecule has 1 fully saturated rings. The van der Waals surface area contributed by atoms with Crippen molar-refractivity contribution in [3.8, 4) is 5.75 Å².